The zero-order valence-electron chi connectivity index (χ0n) is 15.3. The van der Waals surface area contributed by atoms with Gasteiger partial charge in [0.15, 0.2) is 11.5 Å². The molecule has 4 aromatic rings. The van der Waals surface area contributed by atoms with Gasteiger partial charge in [-0.1, -0.05) is 12.1 Å². The highest BCUT2D eigenvalue weighted by atomic mass is 32.2. The molecule has 0 bridgehead atoms. The maximum absolute atomic E-state index is 12.9. The molecule has 1 atom stereocenters. The van der Waals surface area contributed by atoms with Crippen molar-refractivity contribution in [1.29, 1.82) is 0 Å². The number of hydrogen-bond donors (Lipinski definition) is 0. The molecule has 0 N–H and O–H groups in total. The van der Waals surface area contributed by atoms with E-state index in [4.69, 9.17) is 4.98 Å². The van der Waals surface area contributed by atoms with Crippen LogP contribution in [0.3, 0.4) is 0 Å². The lowest BCUT2D eigenvalue weighted by atomic mass is 9.99. The summed E-state index contributed by atoms with van der Waals surface area (Å²) < 4.78 is 30.6. The van der Waals surface area contributed by atoms with Gasteiger partial charge in [-0.15, -0.1) is 5.10 Å². The molecule has 9 nitrogen and oxygen atoms in total. The fourth-order valence-electron chi connectivity index (χ4n) is 3.72. The van der Waals surface area contributed by atoms with Crippen LogP contribution in [-0.4, -0.2) is 55.2 Å². The van der Waals surface area contributed by atoms with Crippen molar-refractivity contribution in [3.05, 3.63) is 48.8 Å². The molecular weight excluding hydrogens is 378 g/mol. The molecule has 10 heteroatoms. The minimum Gasteiger partial charge on any atom is -0.274 e. The molecule has 0 spiro atoms. The third-order valence-electron chi connectivity index (χ3n) is 5.17. The van der Waals surface area contributed by atoms with E-state index < -0.39 is 10.0 Å². The van der Waals surface area contributed by atoms with Gasteiger partial charge >= 0.3 is 0 Å². The van der Waals surface area contributed by atoms with Crippen molar-refractivity contribution in [3.8, 4) is 0 Å². The molecule has 0 radical (unpaired) electrons. The van der Waals surface area contributed by atoms with Gasteiger partial charge in [-0.2, -0.15) is 9.40 Å². The van der Waals surface area contributed by atoms with Crippen molar-refractivity contribution < 1.29 is 8.42 Å². The van der Waals surface area contributed by atoms with Crippen LogP contribution >= 0.6 is 0 Å². The molecule has 1 aliphatic heterocycles. The highest BCUT2D eigenvalue weighted by Gasteiger charge is 2.33. The van der Waals surface area contributed by atoms with Crippen molar-refractivity contribution in [2.45, 2.75) is 23.7 Å². The summed E-state index contributed by atoms with van der Waals surface area (Å²) in [5, 5.41) is 9.50. The molecule has 1 aromatic carbocycles. The van der Waals surface area contributed by atoms with E-state index in [1.807, 2.05) is 24.3 Å². The Morgan fingerprint density at radius 2 is 2.07 bits per heavy atom. The van der Waals surface area contributed by atoms with Gasteiger partial charge in [0.2, 0.25) is 10.0 Å². The Balaban J connectivity index is 1.49. The minimum atomic E-state index is -3.57. The van der Waals surface area contributed by atoms with Crippen LogP contribution in [0.4, 0.5) is 0 Å². The summed E-state index contributed by atoms with van der Waals surface area (Å²) >= 11 is 0. The first-order valence-electron chi connectivity index (χ1n) is 9.11. The molecule has 0 amide bonds. The van der Waals surface area contributed by atoms with Crippen LogP contribution in [0.1, 0.15) is 24.6 Å². The van der Waals surface area contributed by atoms with Crippen molar-refractivity contribution in [1.82, 2.24) is 33.7 Å². The van der Waals surface area contributed by atoms with E-state index >= 15 is 0 Å². The summed E-state index contributed by atoms with van der Waals surface area (Å²) in [4.78, 5) is 9.36. The number of para-hydroxylation sites is 1. The molecule has 1 saturated heterocycles. The lowest BCUT2D eigenvalue weighted by molar-refractivity contribution is 0.309. The SMILES string of the molecule is Cn1cc(S(=O)(=O)N2CCCC(c3nc4c5ccccc5ncn4n3)C2)cn1. The van der Waals surface area contributed by atoms with Gasteiger partial charge in [0.1, 0.15) is 11.2 Å². The number of nitrogens with zero attached hydrogens (tertiary/aromatic N) is 7. The zero-order chi connectivity index (χ0) is 19.3. The fourth-order valence-corrected chi connectivity index (χ4v) is 5.23. The largest absolute Gasteiger partial charge is 0.274 e. The summed E-state index contributed by atoms with van der Waals surface area (Å²) in [5.41, 5.74) is 1.60. The van der Waals surface area contributed by atoms with Crippen LogP contribution in [0.5, 0.6) is 0 Å². The smallest absolute Gasteiger partial charge is 0.246 e. The number of aryl methyl sites for hydroxylation is 1. The lowest BCUT2D eigenvalue weighted by Crippen LogP contribution is -2.39. The first-order chi connectivity index (χ1) is 13.5. The second kappa shape index (κ2) is 6.35. The molecule has 1 fully saturated rings. The molecule has 0 saturated carbocycles. The number of aromatic nitrogens is 6. The Morgan fingerprint density at radius 3 is 2.89 bits per heavy atom. The van der Waals surface area contributed by atoms with Crippen LogP contribution in [0.15, 0.2) is 47.9 Å². The minimum absolute atomic E-state index is 0.0566. The van der Waals surface area contributed by atoms with Crippen molar-refractivity contribution in [2.24, 2.45) is 7.05 Å². The van der Waals surface area contributed by atoms with Crippen LogP contribution < -0.4 is 0 Å². The topological polar surface area (TPSA) is 98.3 Å². The molecule has 3 aromatic heterocycles. The predicted molar refractivity (Wildman–Crippen MR) is 102 cm³/mol. The van der Waals surface area contributed by atoms with E-state index in [0.29, 0.717) is 18.9 Å². The van der Waals surface area contributed by atoms with E-state index in [9.17, 15) is 8.42 Å². The second-order valence-electron chi connectivity index (χ2n) is 7.05. The Kier molecular flexibility index (Phi) is 3.91. The lowest BCUT2D eigenvalue weighted by Gasteiger charge is -2.30. The van der Waals surface area contributed by atoms with E-state index in [2.05, 4.69) is 15.2 Å². The van der Waals surface area contributed by atoms with E-state index in [1.54, 1.807) is 17.9 Å². The fraction of sp³-hybridized carbons (Fsp3) is 0.333. The van der Waals surface area contributed by atoms with Crippen LogP contribution in [-0.2, 0) is 17.1 Å². The van der Waals surface area contributed by atoms with Crippen molar-refractivity contribution >= 4 is 26.6 Å². The van der Waals surface area contributed by atoms with Gasteiger partial charge in [0, 0.05) is 37.6 Å². The van der Waals surface area contributed by atoms with Crippen LogP contribution in [0, 0.1) is 0 Å². The average Bonchev–Trinajstić information content (AvgIpc) is 3.35. The highest BCUT2D eigenvalue weighted by molar-refractivity contribution is 7.89. The van der Waals surface area contributed by atoms with Crippen molar-refractivity contribution in [3.63, 3.8) is 0 Å². The second-order valence-corrected chi connectivity index (χ2v) is 8.99. The Hall–Kier alpha value is -2.85. The van der Waals surface area contributed by atoms with Crippen LogP contribution in [0.25, 0.3) is 16.6 Å². The molecule has 0 aliphatic carbocycles. The van der Waals surface area contributed by atoms with Gasteiger partial charge in [0.25, 0.3) is 0 Å². The summed E-state index contributed by atoms with van der Waals surface area (Å²) in [6.45, 7) is 0.852. The molecule has 5 rings (SSSR count). The summed E-state index contributed by atoms with van der Waals surface area (Å²) in [7, 11) is -1.87. The summed E-state index contributed by atoms with van der Waals surface area (Å²) in [6, 6.07) is 7.79. The van der Waals surface area contributed by atoms with Gasteiger partial charge < -0.3 is 0 Å². The molecule has 1 aliphatic rings. The molecule has 28 heavy (non-hydrogen) atoms. The molecular formula is C18H19N7O2S. The van der Waals surface area contributed by atoms with E-state index in [1.165, 1.54) is 21.4 Å². The van der Waals surface area contributed by atoms with E-state index in [-0.39, 0.29) is 10.8 Å². The number of fused-ring (bicyclic) bond motifs is 3. The summed E-state index contributed by atoms with van der Waals surface area (Å²) in [6.07, 6.45) is 6.18. The Bertz CT molecular complexity index is 1280. The van der Waals surface area contributed by atoms with Gasteiger partial charge in [-0.3, -0.25) is 4.68 Å². The Morgan fingerprint density at radius 1 is 1.21 bits per heavy atom. The number of hydrogen-bond acceptors (Lipinski definition) is 6. The van der Waals surface area contributed by atoms with Crippen molar-refractivity contribution in [2.75, 3.05) is 13.1 Å². The predicted octanol–water partition coefficient (Wildman–Crippen LogP) is 1.58. The monoisotopic (exact) mass is 397 g/mol. The Labute approximate surface area is 161 Å². The standard InChI is InChI=1S/C18H19N7O2S/c1-23-11-14(9-20-23)28(26,27)24-8-4-5-13(10-24)17-21-18-15-6-2-3-7-16(15)19-12-25(18)22-17/h2-3,6-7,9,11-13H,4-5,8,10H2,1H3. The summed E-state index contributed by atoms with van der Waals surface area (Å²) in [5.74, 6) is 0.600. The first kappa shape index (κ1) is 17.3. The molecule has 4 heterocycles. The molecule has 1 unspecified atom stereocenters. The van der Waals surface area contributed by atoms with Gasteiger partial charge in [-0.25, -0.2) is 22.9 Å². The van der Waals surface area contributed by atoms with E-state index in [0.717, 1.165) is 29.4 Å². The zero-order valence-corrected chi connectivity index (χ0v) is 16.1. The number of sulfonamides is 1. The van der Waals surface area contributed by atoms with Crippen LogP contribution in [0.2, 0.25) is 0 Å². The third-order valence-corrected chi connectivity index (χ3v) is 6.99. The number of rotatable bonds is 3. The third kappa shape index (κ3) is 2.76. The van der Waals surface area contributed by atoms with Gasteiger partial charge in [0.05, 0.1) is 11.7 Å². The normalized spacial score (nSPS) is 18.8. The van der Waals surface area contributed by atoms with Gasteiger partial charge in [-0.05, 0) is 25.0 Å². The molecule has 144 valence electrons. The maximum Gasteiger partial charge on any atom is 0.246 e. The average molecular weight is 397 g/mol. The number of piperidine rings is 1. The number of benzene rings is 1. The quantitative estimate of drug-likeness (QED) is 0.521. The highest BCUT2D eigenvalue weighted by Crippen LogP contribution is 2.29. The maximum atomic E-state index is 12.9. The first-order valence-corrected chi connectivity index (χ1v) is 10.6.